The zero-order valence-electron chi connectivity index (χ0n) is 13.3. The van der Waals surface area contributed by atoms with Gasteiger partial charge in [0.15, 0.2) is 5.60 Å². The Kier molecular flexibility index (Phi) is 3.30. The Morgan fingerprint density at radius 2 is 1.91 bits per heavy atom. The standard InChI is InChI=1S/C17H21N3O3/c1-18-11-17(23-16(18)22)6-7-20(12-17)15(21)10-19-8-13-4-2-3-5-14(13)9-19/h2-5H,6-12H2,1H3. The maximum Gasteiger partial charge on any atom is 0.410 e. The molecule has 1 aromatic carbocycles. The van der Waals surface area contributed by atoms with E-state index in [9.17, 15) is 9.59 Å². The average molecular weight is 315 g/mol. The van der Waals surface area contributed by atoms with Crippen molar-refractivity contribution >= 4 is 12.0 Å². The number of benzene rings is 1. The van der Waals surface area contributed by atoms with Gasteiger partial charge in [0.05, 0.1) is 19.6 Å². The third-order valence-corrected chi connectivity index (χ3v) is 5.08. The second-order valence-corrected chi connectivity index (χ2v) is 6.89. The Morgan fingerprint density at radius 1 is 1.22 bits per heavy atom. The highest BCUT2D eigenvalue weighted by Crippen LogP contribution is 2.32. The van der Waals surface area contributed by atoms with Crippen LogP contribution in [0.15, 0.2) is 24.3 Å². The Balaban J connectivity index is 1.36. The van der Waals surface area contributed by atoms with Crippen molar-refractivity contribution in [2.75, 3.05) is 33.2 Å². The molecule has 1 atom stereocenters. The molecular weight excluding hydrogens is 294 g/mol. The molecule has 2 fully saturated rings. The first-order chi connectivity index (χ1) is 11.0. The highest BCUT2D eigenvalue weighted by atomic mass is 16.6. The van der Waals surface area contributed by atoms with Gasteiger partial charge in [0.25, 0.3) is 0 Å². The molecule has 1 aromatic rings. The fourth-order valence-corrected chi connectivity index (χ4v) is 3.87. The van der Waals surface area contributed by atoms with Crippen LogP contribution in [0.1, 0.15) is 17.5 Å². The van der Waals surface area contributed by atoms with E-state index in [4.69, 9.17) is 4.74 Å². The molecule has 1 unspecified atom stereocenters. The summed E-state index contributed by atoms with van der Waals surface area (Å²) in [4.78, 5) is 29.8. The molecule has 0 N–H and O–H groups in total. The average Bonchev–Trinajstić information content (AvgIpc) is 3.17. The minimum Gasteiger partial charge on any atom is -0.439 e. The predicted molar refractivity (Wildman–Crippen MR) is 83.6 cm³/mol. The number of likely N-dealkylation sites (tertiary alicyclic amines) is 1. The monoisotopic (exact) mass is 315 g/mol. The van der Waals surface area contributed by atoms with Crippen LogP contribution in [-0.4, -0.2) is 65.5 Å². The summed E-state index contributed by atoms with van der Waals surface area (Å²) >= 11 is 0. The number of nitrogens with zero attached hydrogens (tertiary/aromatic N) is 3. The van der Waals surface area contributed by atoms with Crippen LogP contribution in [-0.2, 0) is 22.6 Å². The molecule has 6 heteroatoms. The lowest BCUT2D eigenvalue weighted by Crippen LogP contribution is -2.42. The van der Waals surface area contributed by atoms with Crippen LogP contribution in [0.25, 0.3) is 0 Å². The number of carbonyl (C=O) groups is 2. The van der Waals surface area contributed by atoms with Crippen molar-refractivity contribution < 1.29 is 14.3 Å². The van der Waals surface area contributed by atoms with E-state index in [1.165, 1.54) is 11.1 Å². The van der Waals surface area contributed by atoms with E-state index in [2.05, 4.69) is 17.0 Å². The topological polar surface area (TPSA) is 53.1 Å². The van der Waals surface area contributed by atoms with E-state index in [1.54, 1.807) is 11.9 Å². The van der Waals surface area contributed by atoms with Crippen LogP contribution in [0.5, 0.6) is 0 Å². The predicted octanol–water partition coefficient (Wildman–Crippen LogP) is 1.06. The SMILES string of the molecule is CN1CC2(CCN(C(=O)CN3Cc4ccccc4C3)C2)OC1=O. The summed E-state index contributed by atoms with van der Waals surface area (Å²) in [6.45, 7) is 3.85. The summed E-state index contributed by atoms with van der Waals surface area (Å²) in [5, 5.41) is 0. The summed E-state index contributed by atoms with van der Waals surface area (Å²) in [6.07, 6.45) is 0.448. The largest absolute Gasteiger partial charge is 0.439 e. The first kappa shape index (κ1) is 14.5. The van der Waals surface area contributed by atoms with Gasteiger partial charge in [0, 0.05) is 33.1 Å². The van der Waals surface area contributed by atoms with Crippen LogP contribution < -0.4 is 0 Å². The molecule has 122 valence electrons. The fourth-order valence-electron chi connectivity index (χ4n) is 3.87. The number of likely N-dealkylation sites (N-methyl/N-ethyl adjacent to an activating group) is 1. The molecule has 2 saturated heterocycles. The molecule has 0 aromatic heterocycles. The Labute approximate surface area is 135 Å². The third kappa shape index (κ3) is 2.57. The molecule has 2 amide bonds. The van der Waals surface area contributed by atoms with Crippen LogP contribution in [0.2, 0.25) is 0 Å². The van der Waals surface area contributed by atoms with Gasteiger partial charge in [-0.2, -0.15) is 0 Å². The van der Waals surface area contributed by atoms with E-state index < -0.39 is 5.60 Å². The second-order valence-electron chi connectivity index (χ2n) is 6.89. The van der Waals surface area contributed by atoms with Gasteiger partial charge >= 0.3 is 6.09 Å². The maximum atomic E-state index is 12.6. The number of ether oxygens (including phenoxy) is 1. The minimum absolute atomic E-state index is 0.125. The number of amides is 2. The molecule has 0 saturated carbocycles. The van der Waals surface area contributed by atoms with Gasteiger partial charge in [0.1, 0.15) is 0 Å². The number of carbonyl (C=O) groups excluding carboxylic acids is 2. The minimum atomic E-state index is -0.491. The van der Waals surface area contributed by atoms with Gasteiger partial charge in [-0.1, -0.05) is 24.3 Å². The fraction of sp³-hybridized carbons (Fsp3) is 0.529. The van der Waals surface area contributed by atoms with E-state index in [0.717, 1.165) is 19.5 Å². The molecule has 4 rings (SSSR count). The van der Waals surface area contributed by atoms with Crippen molar-refractivity contribution in [2.45, 2.75) is 25.1 Å². The quantitative estimate of drug-likeness (QED) is 0.819. The van der Waals surface area contributed by atoms with Crippen LogP contribution >= 0.6 is 0 Å². The Hall–Kier alpha value is -2.08. The van der Waals surface area contributed by atoms with Crippen LogP contribution in [0, 0.1) is 0 Å². The highest BCUT2D eigenvalue weighted by Gasteiger charge is 2.49. The van der Waals surface area contributed by atoms with Gasteiger partial charge in [-0.15, -0.1) is 0 Å². The van der Waals surface area contributed by atoms with Crippen molar-refractivity contribution in [1.29, 1.82) is 0 Å². The second kappa shape index (κ2) is 5.23. The molecule has 0 radical (unpaired) electrons. The lowest BCUT2D eigenvalue weighted by molar-refractivity contribution is -0.132. The molecule has 0 aliphatic carbocycles. The summed E-state index contributed by atoms with van der Waals surface area (Å²) in [5.74, 6) is 0.125. The van der Waals surface area contributed by atoms with Crippen molar-refractivity contribution in [1.82, 2.24) is 14.7 Å². The Bertz CT molecular complexity index is 637. The van der Waals surface area contributed by atoms with E-state index >= 15 is 0 Å². The molecule has 3 heterocycles. The van der Waals surface area contributed by atoms with Gasteiger partial charge in [-0.3, -0.25) is 9.69 Å². The molecule has 0 bridgehead atoms. The van der Waals surface area contributed by atoms with Crippen molar-refractivity contribution in [2.24, 2.45) is 0 Å². The summed E-state index contributed by atoms with van der Waals surface area (Å²) in [7, 11) is 1.74. The number of rotatable bonds is 2. The maximum absolute atomic E-state index is 12.6. The smallest absolute Gasteiger partial charge is 0.410 e. The lowest BCUT2D eigenvalue weighted by Gasteiger charge is -2.23. The van der Waals surface area contributed by atoms with Crippen LogP contribution in [0.4, 0.5) is 4.79 Å². The van der Waals surface area contributed by atoms with Gasteiger partial charge < -0.3 is 14.5 Å². The molecular formula is C17H21N3O3. The van der Waals surface area contributed by atoms with Crippen molar-refractivity contribution in [3.05, 3.63) is 35.4 Å². The summed E-state index contributed by atoms with van der Waals surface area (Å²) in [6, 6.07) is 8.33. The first-order valence-corrected chi connectivity index (χ1v) is 8.06. The lowest BCUT2D eigenvalue weighted by atomic mass is 10.0. The first-order valence-electron chi connectivity index (χ1n) is 8.06. The highest BCUT2D eigenvalue weighted by molar-refractivity contribution is 5.79. The van der Waals surface area contributed by atoms with Crippen molar-refractivity contribution in [3.8, 4) is 0 Å². The number of hydrogen-bond acceptors (Lipinski definition) is 4. The number of fused-ring (bicyclic) bond motifs is 1. The van der Waals surface area contributed by atoms with E-state index in [-0.39, 0.29) is 12.0 Å². The zero-order valence-corrected chi connectivity index (χ0v) is 13.3. The van der Waals surface area contributed by atoms with E-state index in [0.29, 0.717) is 26.2 Å². The van der Waals surface area contributed by atoms with E-state index in [1.807, 2.05) is 17.0 Å². The summed E-state index contributed by atoms with van der Waals surface area (Å²) < 4.78 is 5.50. The molecule has 3 aliphatic rings. The van der Waals surface area contributed by atoms with Gasteiger partial charge in [-0.25, -0.2) is 4.79 Å². The normalized spacial score (nSPS) is 26.9. The summed E-state index contributed by atoms with van der Waals surface area (Å²) in [5.41, 5.74) is 2.13. The van der Waals surface area contributed by atoms with Crippen molar-refractivity contribution in [3.63, 3.8) is 0 Å². The molecule has 6 nitrogen and oxygen atoms in total. The number of hydrogen-bond donors (Lipinski definition) is 0. The molecule has 23 heavy (non-hydrogen) atoms. The molecule has 1 spiro atoms. The molecule has 3 aliphatic heterocycles. The third-order valence-electron chi connectivity index (χ3n) is 5.08. The zero-order chi connectivity index (χ0) is 16.0. The van der Waals surface area contributed by atoms with Gasteiger partial charge in [-0.05, 0) is 11.1 Å². The van der Waals surface area contributed by atoms with Gasteiger partial charge in [0.2, 0.25) is 5.91 Å². The van der Waals surface area contributed by atoms with Crippen LogP contribution in [0.3, 0.4) is 0 Å². The Morgan fingerprint density at radius 3 is 2.52 bits per heavy atom.